The first-order valence-electron chi connectivity index (χ1n) is 10.2. The van der Waals surface area contributed by atoms with Crippen LogP contribution in [-0.2, 0) is 0 Å². The van der Waals surface area contributed by atoms with E-state index in [1.54, 1.807) is 6.07 Å². The lowest BCUT2D eigenvalue weighted by Gasteiger charge is -2.16. The molecular formula is C29H16ClN. The molecule has 0 amide bonds. The van der Waals surface area contributed by atoms with E-state index in [-0.39, 0.29) is 0 Å². The third-order valence-corrected chi connectivity index (χ3v) is 6.37. The first kappa shape index (κ1) is 18.0. The Hall–Kier alpha value is -3.86. The number of hydrogen-bond donors (Lipinski definition) is 0. The Balaban J connectivity index is 1.67. The van der Waals surface area contributed by atoms with E-state index < -0.39 is 0 Å². The van der Waals surface area contributed by atoms with Gasteiger partial charge < -0.3 is 0 Å². The van der Waals surface area contributed by atoms with E-state index in [2.05, 4.69) is 78.9 Å². The molecule has 0 bridgehead atoms. The fraction of sp³-hybridized carbons (Fsp3) is 0. The molecule has 0 N–H and O–H groups in total. The minimum atomic E-state index is 0.570. The SMILES string of the molecule is N#Cc1cc(Cl)ccc1-c1ccccc1-c1cccc2c1-c1cccc3cccc-2c13. The minimum Gasteiger partial charge on any atom is -0.192 e. The van der Waals surface area contributed by atoms with Crippen molar-refractivity contribution in [3.63, 3.8) is 0 Å². The van der Waals surface area contributed by atoms with E-state index in [9.17, 15) is 5.26 Å². The van der Waals surface area contributed by atoms with Gasteiger partial charge in [-0.3, -0.25) is 0 Å². The second-order valence-corrected chi connectivity index (χ2v) is 8.22. The molecule has 0 saturated carbocycles. The number of benzene rings is 5. The van der Waals surface area contributed by atoms with Crippen LogP contribution >= 0.6 is 11.6 Å². The van der Waals surface area contributed by atoms with E-state index >= 15 is 0 Å². The highest BCUT2D eigenvalue weighted by Crippen LogP contribution is 2.51. The van der Waals surface area contributed by atoms with Gasteiger partial charge in [0.2, 0.25) is 0 Å². The summed E-state index contributed by atoms with van der Waals surface area (Å²) in [7, 11) is 0. The van der Waals surface area contributed by atoms with Crippen molar-refractivity contribution in [3.05, 3.63) is 108 Å². The third-order valence-electron chi connectivity index (χ3n) is 6.14. The molecule has 0 spiro atoms. The summed E-state index contributed by atoms with van der Waals surface area (Å²) < 4.78 is 0. The summed E-state index contributed by atoms with van der Waals surface area (Å²) in [5.41, 5.74) is 9.87. The van der Waals surface area contributed by atoms with E-state index in [4.69, 9.17) is 11.6 Å². The monoisotopic (exact) mass is 413 g/mol. The van der Waals surface area contributed by atoms with Gasteiger partial charge in [0.15, 0.2) is 0 Å². The van der Waals surface area contributed by atoms with Crippen molar-refractivity contribution in [2.45, 2.75) is 0 Å². The summed E-state index contributed by atoms with van der Waals surface area (Å²) in [6.07, 6.45) is 0. The Labute approximate surface area is 185 Å². The summed E-state index contributed by atoms with van der Waals surface area (Å²) in [4.78, 5) is 0. The highest BCUT2D eigenvalue weighted by Gasteiger charge is 2.25. The first-order valence-corrected chi connectivity index (χ1v) is 10.6. The van der Waals surface area contributed by atoms with Crippen LogP contribution in [0.4, 0.5) is 0 Å². The number of fused-ring (bicyclic) bond motifs is 3. The van der Waals surface area contributed by atoms with Crippen LogP contribution in [0, 0.1) is 11.3 Å². The number of nitriles is 1. The largest absolute Gasteiger partial charge is 0.192 e. The van der Waals surface area contributed by atoms with Gasteiger partial charge >= 0.3 is 0 Å². The number of rotatable bonds is 2. The van der Waals surface area contributed by atoms with Crippen LogP contribution in [0.25, 0.3) is 55.3 Å². The van der Waals surface area contributed by atoms with Crippen LogP contribution in [0.5, 0.6) is 0 Å². The number of halogens is 1. The summed E-state index contributed by atoms with van der Waals surface area (Å²) >= 11 is 6.16. The predicted octanol–water partition coefficient (Wildman–Crippen LogP) is 8.35. The third kappa shape index (κ3) is 2.63. The van der Waals surface area contributed by atoms with Crippen LogP contribution in [-0.4, -0.2) is 0 Å². The van der Waals surface area contributed by atoms with Gasteiger partial charge in [0.05, 0.1) is 11.6 Å². The van der Waals surface area contributed by atoms with Gasteiger partial charge in [-0.05, 0) is 61.8 Å². The molecule has 0 heterocycles. The smallest absolute Gasteiger partial charge is 0.0998 e. The topological polar surface area (TPSA) is 23.8 Å². The quantitative estimate of drug-likeness (QED) is 0.280. The fourth-order valence-corrected chi connectivity index (χ4v) is 5.03. The molecule has 0 unspecified atom stereocenters. The van der Waals surface area contributed by atoms with Gasteiger partial charge in [-0.1, -0.05) is 96.5 Å². The lowest BCUT2D eigenvalue weighted by atomic mass is 9.87. The second kappa shape index (κ2) is 6.84. The van der Waals surface area contributed by atoms with E-state index in [0.29, 0.717) is 10.6 Å². The van der Waals surface area contributed by atoms with Gasteiger partial charge in [0.1, 0.15) is 0 Å². The van der Waals surface area contributed by atoms with Crippen molar-refractivity contribution < 1.29 is 0 Å². The molecule has 1 aliphatic carbocycles. The molecule has 1 aliphatic rings. The molecule has 0 atom stereocenters. The predicted molar refractivity (Wildman–Crippen MR) is 129 cm³/mol. The first-order chi connectivity index (χ1) is 15.3. The summed E-state index contributed by atoms with van der Waals surface area (Å²) in [6.45, 7) is 0. The van der Waals surface area contributed by atoms with Gasteiger partial charge in [-0.25, -0.2) is 0 Å². The van der Waals surface area contributed by atoms with E-state index in [1.165, 1.54) is 38.6 Å². The normalized spacial score (nSPS) is 11.4. The van der Waals surface area contributed by atoms with Crippen LogP contribution in [0.3, 0.4) is 0 Å². The van der Waals surface area contributed by atoms with Gasteiger partial charge in [-0.15, -0.1) is 0 Å². The molecule has 0 aliphatic heterocycles. The lowest BCUT2D eigenvalue weighted by molar-refractivity contribution is 1.48. The average molecular weight is 414 g/mol. The molecular weight excluding hydrogens is 398 g/mol. The maximum absolute atomic E-state index is 9.73. The molecule has 5 aromatic carbocycles. The van der Waals surface area contributed by atoms with Crippen molar-refractivity contribution in [2.24, 2.45) is 0 Å². The molecule has 0 aromatic heterocycles. The van der Waals surface area contributed by atoms with E-state index in [1.807, 2.05) is 18.2 Å². The Kier molecular flexibility index (Phi) is 3.96. The summed E-state index contributed by atoms with van der Waals surface area (Å²) in [5, 5.41) is 12.9. The van der Waals surface area contributed by atoms with Gasteiger partial charge in [-0.2, -0.15) is 5.26 Å². The summed E-state index contributed by atoms with van der Waals surface area (Å²) in [6, 6.07) is 35.7. The van der Waals surface area contributed by atoms with Crippen LogP contribution in [0.2, 0.25) is 5.02 Å². The molecule has 1 nitrogen and oxygen atoms in total. The maximum Gasteiger partial charge on any atom is 0.0998 e. The number of nitrogens with zero attached hydrogens (tertiary/aromatic N) is 1. The van der Waals surface area contributed by atoms with Gasteiger partial charge in [0, 0.05) is 10.6 Å². The van der Waals surface area contributed by atoms with Crippen LogP contribution in [0.1, 0.15) is 5.56 Å². The van der Waals surface area contributed by atoms with Crippen molar-refractivity contribution in [3.8, 4) is 50.6 Å². The zero-order valence-corrected chi connectivity index (χ0v) is 17.3. The fourth-order valence-electron chi connectivity index (χ4n) is 4.86. The second-order valence-electron chi connectivity index (χ2n) is 7.78. The average Bonchev–Trinajstić information content (AvgIpc) is 3.15. The minimum absolute atomic E-state index is 0.570. The molecule has 144 valence electrons. The Morgan fingerprint density at radius 3 is 1.87 bits per heavy atom. The Bertz CT molecular complexity index is 1550. The lowest BCUT2D eigenvalue weighted by Crippen LogP contribution is -1.91. The zero-order chi connectivity index (χ0) is 20.9. The number of hydrogen-bond acceptors (Lipinski definition) is 1. The maximum atomic E-state index is 9.73. The van der Waals surface area contributed by atoms with Crippen molar-refractivity contribution >= 4 is 22.4 Å². The highest BCUT2D eigenvalue weighted by atomic mass is 35.5. The van der Waals surface area contributed by atoms with Crippen LogP contribution in [0.15, 0.2) is 97.1 Å². The Morgan fingerprint density at radius 1 is 0.548 bits per heavy atom. The highest BCUT2D eigenvalue weighted by molar-refractivity contribution is 6.30. The Morgan fingerprint density at radius 2 is 1.13 bits per heavy atom. The molecule has 6 rings (SSSR count). The van der Waals surface area contributed by atoms with E-state index in [0.717, 1.165) is 16.7 Å². The molecule has 0 saturated heterocycles. The standard InChI is InChI=1S/C29H16ClN/c30-20-14-15-21(19(16-20)17-31)22-8-1-2-9-23(22)24-11-5-12-26-25-10-3-6-18-7-4-13-27(28(18)25)29(24)26/h1-16H. The van der Waals surface area contributed by atoms with Crippen LogP contribution < -0.4 is 0 Å². The molecule has 0 radical (unpaired) electrons. The zero-order valence-electron chi connectivity index (χ0n) is 16.6. The molecule has 2 heteroatoms. The molecule has 0 fully saturated rings. The van der Waals surface area contributed by atoms with Crippen molar-refractivity contribution in [2.75, 3.05) is 0 Å². The molecule has 5 aromatic rings. The van der Waals surface area contributed by atoms with Crippen molar-refractivity contribution in [1.29, 1.82) is 5.26 Å². The van der Waals surface area contributed by atoms with Gasteiger partial charge in [0.25, 0.3) is 0 Å². The van der Waals surface area contributed by atoms with Crippen molar-refractivity contribution in [1.82, 2.24) is 0 Å². The summed E-state index contributed by atoms with van der Waals surface area (Å²) in [5.74, 6) is 0. The molecule has 31 heavy (non-hydrogen) atoms.